The number of methoxy groups -OCH3 is 1. The molecule has 0 aliphatic rings. The van der Waals surface area contributed by atoms with Crippen molar-refractivity contribution < 1.29 is 9.53 Å². The van der Waals surface area contributed by atoms with Crippen LogP contribution in [0.5, 0.6) is 5.75 Å². The van der Waals surface area contributed by atoms with E-state index in [1.165, 1.54) is 27.7 Å². The van der Waals surface area contributed by atoms with Gasteiger partial charge < -0.3 is 10.1 Å². The zero-order valence-corrected chi connectivity index (χ0v) is 15.4. The van der Waals surface area contributed by atoms with E-state index in [9.17, 15) is 9.59 Å². The second-order valence-corrected chi connectivity index (χ2v) is 7.15. The van der Waals surface area contributed by atoms with Crippen LogP contribution in [-0.4, -0.2) is 28.3 Å². The number of benzene rings is 1. The van der Waals surface area contributed by atoms with Crippen LogP contribution in [0.1, 0.15) is 5.56 Å². The topological polar surface area (TPSA) is 73.2 Å². The van der Waals surface area contributed by atoms with Crippen LogP contribution in [0.25, 0.3) is 10.2 Å². The number of hydrogen-bond acceptors (Lipinski definition) is 6. The number of carbonyl (C=O) groups excluding carboxylic acids is 1. The molecule has 0 fully saturated rings. The lowest BCUT2D eigenvalue weighted by Crippen LogP contribution is -2.25. The molecule has 0 radical (unpaired) electrons. The third-order valence-corrected chi connectivity index (χ3v) is 5.48. The predicted octanol–water partition coefficient (Wildman–Crippen LogP) is 2.41. The van der Waals surface area contributed by atoms with Crippen LogP contribution in [0.2, 0.25) is 0 Å². The van der Waals surface area contributed by atoms with Gasteiger partial charge in [-0.2, -0.15) is 0 Å². The zero-order chi connectivity index (χ0) is 17.8. The quantitative estimate of drug-likeness (QED) is 0.529. The lowest BCUT2D eigenvalue weighted by Gasteiger charge is -2.08. The molecule has 0 spiro atoms. The van der Waals surface area contributed by atoms with Gasteiger partial charge in [0, 0.05) is 13.6 Å². The van der Waals surface area contributed by atoms with Gasteiger partial charge in [0.05, 0.1) is 18.2 Å². The maximum Gasteiger partial charge on any atom is 0.262 e. The van der Waals surface area contributed by atoms with Crippen molar-refractivity contribution in [1.29, 1.82) is 0 Å². The Balaban J connectivity index is 1.58. The monoisotopic (exact) mass is 375 g/mol. The van der Waals surface area contributed by atoms with Gasteiger partial charge in [-0.25, -0.2) is 4.98 Å². The van der Waals surface area contributed by atoms with Gasteiger partial charge >= 0.3 is 0 Å². The number of ether oxygens (including phenoxy) is 1. The predicted molar refractivity (Wildman–Crippen MR) is 100 cm³/mol. The van der Waals surface area contributed by atoms with Crippen molar-refractivity contribution in [3.05, 3.63) is 51.6 Å². The second kappa shape index (κ2) is 7.71. The summed E-state index contributed by atoms with van der Waals surface area (Å²) in [6.07, 6.45) is 0. The summed E-state index contributed by atoms with van der Waals surface area (Å²) in [5.41, 5.74) is 0.900. The molecule has 1 N–H and O–H groups in total. The van der Waals surface area contributed by atoms with E-state index in [2.05, 4.69) is 10.3 Å². The van der Waals surface area contributed by atoms with Crippen LogP contribution < -0.4 is 15.6 Å². The third kappa shape index (κ3) is 4.02. The Morgan fingerprint density at radius 2 is 2.08 bits per heavy atom. The van der Waals surface area contributed by atoms with Gasteiger partial charge in [0.25, 0.3) is 5.56 Å². The van der Waals surface area contributed by atoms with Crippen molar-refractivity contribution >= 4 is 39.2 Å². The molecule has 0 saturated heterocycles. The van der Waals surface area contributed by atoms with Crippen LogP contribution in [0.4, 0.5) is 0 Å². The molecular weight excluding hydrogens is 358 g/mol. The summed E-state index contributed by atoms with van der Waals surface area (Å²) in [6.45, 7) is 0.444. The van der Waals surface area contributed by atoms with Crippen LogP contribution in [0.3, 0.4) is 0 Å². The molecule has 3 rings (SSSR count). The van der Waals surface area contributed by atoms with Crippen molar-refractivity contribution in [3.8, 4) is 5.75 Å². The van der Waals surface area contributed by atoms with Crippen molar-refractivity contribution in [2.75, 3.05) is 12.9 Å². The number of hydrogen-bond donors (Lipinski definition) is 1. The first-order valence-corrected chi connectivity index (χ1v) is 9.41. The summed E-state index contributed by atoms with van der Waals surface area (Å²) in [4.78, 5) is 29.4. The molecule has 8 heteroatoms. The fourth-order valence-corrected chi connectivity index (χ4v) is 3.84. The van der Waals surface area contributed by atoms with Crippen LogP contribution >= 0.6 is 23.1 Å². The molecule has 1 amide bonds. The highest BCUT2D eigenvalue weighted by molar-refractivity contribution is 7.99. The minimum absolute atomic E-state index is 0.0904. The van der Waals surface area contributed by atoms with Gasteiger partial charge in [-0.15, -0.1) is 11.3 Å². The fourth-order valence-electron chi connectivity index (χ4n) is 2.23. The van der Waals surface area contributed by atoms with Crippen LogP contribution in [0.15, 0.2) is 45.7 Å². The van der Waals surface area contributed by atoms with Gasteiger partial charge in [0.15, 0.2) is 5.16 Å². The minimum Gasteiger partial charge on any atom is -0.497 e. The van der Waals surface area contributed by atoms with Gasteiger partial charge in [0.1, 0.15) is 10.6 Å². The van der Waals surface area contributed by atoms with Crippen LogP contribution in [0, 0.1) is 0 Å². The van der Waals surface area contributed by atoms with E-state index >= 15 is 0 Å². The van der Waals surface area contributed by atoms with E-state index in [0.717, 1.165) is 11.3 Å². The third-order valence-electron chi connectivity index (χ3n) is 3.65. The number of carbonyl (C=O) groups is 1. The first kappa shape index (κ1) is 17.5. The summed E-state index contributed by atoms with van der Waals surface area (Å²) in [5.74, 6) is 0.871. The summed E-state index contributed by atoms with van der Waals surface area (Å²) in [7, 11) is 3.28. The molecule has 0 unspecified atom stereocenters. The standard InChI is InChI=1S/C17H17N3O3S2/c1-20-16(22)13-7-8-24-15(13)19-17(20)25-10-14(21)18-9-11-3-5-12(23-2)6-4-11/h3-8H,9-10H2,1-2H3,(H,18,21). The average Bonchev–Trinajstić information content (AvgIpc) is 3.11. The Hall–Kier alpha value is -2.32. The van der Waals surface area contributed by atoms with E-state index in [4.69, 9.17) is 4.74 Å². The first-order valence-electron chi connectivity index (χ1n) is 7.55. The largest absolute Gasteiger partial charge is 0.497 e. The number of nitrogens with one attached hydrogen (secondary N) is 1. The summed E-state index contributed by atoms with van der Waals surface area (Å²) in [5, 5.41) is 5.86. The van der Waals surface area contributed by atoms with Crippen molar-refractivity contribution in [1.82, 2.24) is 14.9 Å². The van der Waals surface area contributed by atoms with Crippen molar-refractivity contribution in [2.24, 2.45) is 7.05 Å². The molecule has 0 saturated carbocycles. The molecule has 6 nitrogen and oxygen atoms in total. The molecule has 0 aliphatic carbocycles. The van der Waals surface area contributed by atoms with Crippen molar-refractivity contribution in [3.63, 3.8) is 0 Å². The fraction of sp³-hybridized carbons (Fsp3) is 0.235. The molecule has 25 heavy (non-hydrogen) atoms. The summed E-state index contributed by atoms with van der Waals surface area (Å²) in [6, 6.07) is 9.29. The summed E-state index contributed by atoms with van der Waals surface area (Å²) >= 11 is 2.68. The van der Waals surface area contributed by atoms with Crippen molar-refractivity contribution in [2.45, 2.75) is 11.7 Å². The van der Waals surface area contributed by atoms with E-state index in [0.29, 0.717) is 21.9 Å². The Kier molecular flexibility index (Phi) is 5.40. The molecule has 0 aliphatic heterocycles. The molecular formula is C17H17N3O3S2. The highest BCUT2D eigenvalue weighted by Crippen LogP contribution is 2.20. The number of thiophene rings is 1. The maximum absolute atomic E-state index is 12.2. The summed E-state index contributed by atoms with van der Waals surface area (Å²) < 4.78 is 6.59. The highest BCUT2D eigenvalue weighted by Gasteiger charge is 2.11. The van der Waals surface area contributed by atoms with Crippen LogP contribution in [-0.2, 0) is 18.4 Å². The van der Waals surface area contributed by atoms with Gasteiger partial charge in [-0.3, -0.25) is 14.2 Å². The normalized spacial score (nSPS) is 10.8. The lowest BCUT2D eigenvalue weighted by atomic mass is 10.2. The molecule has 1 aromatic carbocycles. The number of thioether (sulfide) groups is 1. The smallest absolute Gasteiger partial charge is 0.262 e. The molecule has 130 valence electrons. The number of fused-ring (bicyclic) bond motifs is 1. The van der Waals surface area contributed by atoms with E-state index < -0.39 is 0 Å². The highest BCUT2D eigenvalue weighted by atomic mass is 32.2. The zero-order valence-electron chi connectivity index (χ0n) is 13.8. The van der Waals surface area contributed by atoms with E-state index in [-0.39, 0.29) is 17.2 Å². The van der Waals surface area contributed by atoms with Gasteiger partial charge in [0.2, 0.25) is 5.91 Å². The van der Waals surface area contributed by atoms with E-state index in [1.54, 1.807) is 20.2 Å². The molecule has 2 aromatic heterocycles. The number of amides is 1. The van der Waals surface area contributed by atoms with Gasteiger partial charge in [-0.1, -0.05) is 23.9 Å². The minimum atomic E-state index is -0.110. The average molecular weight is 375 g/mol. The Morgan fingerprint density at radius 1 is 1.32 bits per heavy atom. The number of nitrogens with zero attached hydrogens (tertiary/aromatic N) is 2. The molecule has 0 atom stereocenters. The Bertz CT molecular complexity index is 948. The Morgan fingerprint density at radius 3 is 2.80 bits per heavy atom. The molecule has 2 heterocycles. The lowest BCUT2D eigenvalue weighted by molar-refractivity contribution is -0.118. The number of rotatable bonds is 6. The molecule has 3 aromatic rings. The SMILES string of the molecule is COc1ccc(CNC(=O)CSc2nc3sccc3c(=O)n2C)cc1. The van der Waals surface area contributed by atoms with E-state index in [1.807, 2.05) is 29.6 Å². The maximum atomic E-state index is 12.2. The van der Waals surface area contributed by atoms with Gasteiger partial charge in [-0.05, 0) is 29.1 Å². The molecule has 0 bridgehead atoms. The first-order chi connectivity index (χ1) is 12.1. The number of aromatic nitrogens is 2. The second-order valence-electron chi connectivity index (χ2n) is 5.31. The Labute approximate surface area is 152 Å².